The van der Waals surface area contributed by atoms with Crippen LogP contribution in [0.2, 0.25) is 10.0 Å². The van der Waals surface area contributed by atoms with Gasteiger partial charge in [0.15, 0.2) is 5.60 Å². The number of fused-ring (bicyclic) bond motifs is 1. The van der Waals surface area contributed by atoms with Crippen LogP contribution in [0.4, 0.5) is 5.69 Å². The van der Waals surface area contributed by atoms with Gasteiger partial charge in [0, 0.05) is 6.07 Å². The van der Waals surface area contributed by atoms with Crippen LogP contribution in [0.15, 0.2) is 12.1 Å². The van der Waals surface area contributed by atoms with E-state index < -0.39 is 5.60 Å². The molecule has 1 heterocycles. The summed E-state index contributed by atoms with van der Waals surface area (Å²) < 4.78 is 5.51. The summed E-state index contributed by atoms with van der Waals surface area (Å²) in [4.78, 5) is 11.6. The van der Waals surface area contributed by atoms with Crippen molar-refractivity contribution in [3.8, 4) is 5.75 Å². The van der Waals surface area contributed by atoms with Crippen molar-refractivity contribution in [1.82, 2.24) is 0 Å². The van der Waals surface area contributed by atoms with Gasteiger partial charge >= 0.3 is 0 Å². The molecule has 0 aliphatic carbocycles. The number of benzene rings is 1. The molecule has 3 nitrogen and oxygen atoms in total. The Morgan fingerprint density at radius 1 is 1.27 bits per heavy atom. The standard InChI is InChI=1S/C10H9Cl2NO2/c1-10(2)9(14)13-7-3-5(11)6(12)4-8(7)15-10/h3-4H,1-2H3,(H,13,14). The van der Waals surface area contributed by atoms with E-state index in [1.165, 1.54) is 0 Å². The van der Waals surface area contributed by atoms with E-state index in [0.717, 1.165) is 0 Å². The molecule has 0 fully saturated rings. The van der Waals surface area contributed by atoms with E-state index in [1.807, 2.05) is 0 Å². The first-order valence-electron chi connectivity index (χ1n) is 4.40. The van der Waals surface area contributed by atoms with Gasteiger partial charge in [-0.25, -0.2) is 0 Å². The summed E-state index contributed by atoms with van der Waals surface area (Å²) in [6, 6.07) is 3.17. The molecule has 1 amide bonds. The molecule has 1 N–H and O–H groups in total. The van der Waals surface area contributed by atoms with E-state index in [9.17, 15) is 4.79 Å². The number of anilines is 1. The van der Waals surface area contributed by atoms with Gasteiger partial charge < -0.3 is 10.1 Å². The van der Waals surface area contributed by atoms with E-state index in [4.69, 9.17) is 27.9 Å². The van der Waals surface area contributed by atoms with Crippen molar-refractivity contribution in [3.63, 3.8) is 0 Å². The summed E-state index contributed by atoms with van der Waals surface area (Å²) in [5.74, 6) is 0.336. The number of halogens is 2. The number of hydrogen-bond donors (Lipinski definition) is 1. The van der Waals surface area contributed by atoms with Crippen LogP contribution in [0.25, 0.3) is 0 Å². The lowest BCUT2D eigenvalue weighted by molar-refractivity contribution is -0.129. The van der Waals surface area contributed by atoms with Gasteiger partial charge in [-0.3, -0.25) is 4.79 Å². The fourth-order valence-corrected chi connectivity index (χ4v) is 1.62. The first kappa shape index (κ1) is 10.6. The molecule has 0 aromatic heterocycles. The van der Waals surface area contributed by atoms with Gasteiger partial charge in [-0.1, -0.05) is 23.2 Å². The maximum absolute atomic E-state index is 11.6. The number of rotatable bonds is 0. The second-order valence-electron chi connectivity index (χ2n) is 3.83. The van der Waals surface area contributed by atoms with Crippen LogP contribution in [0.1, 0.15) is 13.8 Å². The van der Waals surface area contributed by atoms with E-state index in [2.05, 4.69) is 5.32 Å². The molecule has 80 valence electrons. The molecule has 0 bridgehead atoms. The molecule has 1 aromatic rings. The van der Waals surface area contributed by atoms with E-state index in [1.54, 1.807) is 26.0 Å². The van der Waals surface area contributed by atoms with E-state index in [-0.39, 0.29) is 5.91 Å². The van der Waals surface area contributed by atoms with Crippen molar-refractivity contribution in [2.24, 2.45) is 0 Å². The van der Waals surface area contributed by atoms with Gasteiger partial charge in [0.05, 0.1) is 15.7 Å². The summed E-state index contributed by atoms with van der Waals surface area (Å²) in [5, 5.41) is 3.50. The van der Waals surface area contributed by atoms with Gasteiger partial charge in [-0.2, -0.15) is 0 Å². The van der Waals surface area contributed by atoms with Crippen LogP contribution in [0.5, 0.6) is 5.75 Å². The maximum atomic E-state index is 11.6. The van der Waals surface area contributed by atoms with Crippen molar-refractivity contribution in [2.75, 3.05) is 5.32 Å². The highest BCUT2D eigenvalue weighted by atomic mass is 35.5. The SMILES string of the molecule is CC1(C)Oc2cc(Cl)c(Cl)cc2NC1=O. The summed E-state index contributed by atoms with van der Waals surface area (Å²) >= 11 is 11.7. The average molecular weight is 246 g/mol. The summed E-state index contributed by atoms with van der Waals surface area (Å²) in [7, 11) is 0. The third-order valence-electron chi connectivity index (χ3n) is 2.18. The minimum absolute atomic E-state index is 0.201. The van der Waals surface area contributed by atoms with Crippen LogP contribution < -0.4 is 10.1 Å². The Labute approximate surface area is 97.3 Å². The number of nitrogens with one attached hydrogen (secondary N) is 1. The Hall–Kier alpha value is -0.930. The lowest BCUT2D eigenvalue weighted by atomic mass is 10.1. The minimum Gasteiger partial charge on any atom is -0.476 e. The molecule has 1 aromatic carbocycles. The van der Waals surface area contributed by atoms with Gasteiger partial charge in [-0.05, 0) is 19.9 Å². The number of hydrogen-bond acceptors (Lipinski definition) is 2. The highest BCUT2D eigenvalue weighted by Gasteiger charge is 2.35. The molecule has 1 aliphatic rings. The normalized spacial score (nSPS) is 17.7. The fraction of sp³-hybridized carbons (Fsp3) is 0.300. The van der Waals surface area contributed by atoms with Gasteiger partial charge in [-0.15, -0.1) is 0 Å². The number of amides is 1. The summed E-state index contributed by atoms with van der Waals surface area (Å²) in [6.45, 7) is 3.38. The zero-order valence-corrected chi connectivity index (χ0v) is 9.74. The molecule has 0 radical (unpaired) electrons. The van der Waals surface area contributed by atoms with Crippen LogP contribution in [-0.2, 0) is 4.79 Å². The molecule has 2 rings (SSSR count). The lowest BCUT2D eigenvalue weighted by Crippen LogP contribution is -2.45. The first-order chi connectivity index (χ1) is 6.90. The Balaban J connectivity index is 2.51. The predicted molar refractivity (Wildman–Crippen MR) is 59.8 cm³/mol. The molecule has 15 heavy (non-hydrogen) atoms. The molecule has 0 saturated carbocycles. The first-order valence-corrected chi connectivity index (χ1v) is 5.15. The summed E-state index contributed by atoms with van der Waals surface area (Å²) in [6.07, 6.45) is 0. The van der Waals surface area contributed by atoms with Crippen LogP contribution >= 0.6 is 23.2 Å². The van der Waals surface area contributed by atoms with Crippen molar-refractivity contribution in [3.05, 3.63) is 22.2 Å². The fourth-order valence-electron chi connectivity index (χ4n) is 1.30. The third-order valence-corrected chi connectivity index (χ3v) is 2.90. The van der Waals surface area contributed by atoms with Gasteiger partial charge in [0.25, 0.3) is 5.91 Å². The zero-order valence-electron chi connectivity index (χ0n) is 8.23. The van der Waals surface area contributed by atoms with Crippen LogP contribution in [-0.4, -0.2) is 11.5 Å². The highest BCUT2D eigenvalue weighted by molar-refractivity contribution is 6.42. The smallest absolute Gasteiger partial charge is 0.268 e. The Morgan fingerprint density at radius 3 is 2.53 bits per heavy atom. The van der Waals surface area contributed by atoms with E-state index in [0.29, 0.717) is 21.5 Å². The Kier molecular flexibility index (Phi) is 2.32. The molecular weight excluding hydrogens is 237 g/mol. The topological polar surface area (TPSA) is 38.3 Å². The molecule has 0 atom stereocenters. The average Bonchev–Trinajstić information content (AvgIpc) is 2.11. The van der Waals surface area contributed by atoms with Crippen molar-refractivity contribution >= 4 is 34.8 Å². The van der Waals surface area contributed by atoms with Crippen LogP contribution in [0.3, 0.4) is 0 Å². The molecule has 0 saturated heterocycles. The number of carbonyl (C=O) groups is 1. The molecule has 0 spiro atoms. The quantitative estimate of drug-likeness (QED) is 0.763. The summed E-state index contributed by atoms with van der Waals surface area (Å²) in [5.41, 5.74) is -0.335. The van der Waals surface area contributed by atoms with Gasteiger partial charge in [0.1, 0.15) is 5.75 Å². The van der Waals surface area contributed by atoms with Gasteiger partial charge in [0.2, 0.25) is 0 Å². The molecular formula is C10H9Cl2NO2. The van der Waals surface area contributed by atoms with E-state index >= 15 is 0 Å². The second kappa shape index (κ2) is 3.29. The maximum Gasteiger partial charge on any atom is 0.268 e. The lowest BCUT2D eigenvalue weighted by Gasteiger charge is -2.31. The Morgan fingerprint density at radius 2 is 1.87 bits per heavy atom. The second-order valence-corrected chi connectivity index (χ2v) is 4.64. The number of ether oxygens (including phenoxy) is 1. The largest absolute Gasteiger partial charge is 0.476 e. The third kappa shape index (κ3) is 1.77. The molecule has 1 aliphatic heterocycles. The van der Waals surface area contributed by atoms with Crippen molar-refractivity contribution in [1.29, 1.82) is 0 Å². The minimum atomic E-state index is -0.885. The Bertz CT molecular complexity index is 443. The molecule has 5 heteroatoms. The van der Waals surface area contributed by atoms with Crippen molar-refractivity contribution < 1.29 is 9.53 Å². The highest BCUT2D eigenvalue weighted by Crippen LogP contribution is 2.39. The van der Waals surface area contributed by atoms with Crippen molar-refractivity contribution in [2.45, 2.75) is 19.4 Å². The van der Waals surface area contributed by atoms with Crippen LogP contribution in [0, 0.1) is 0 Å². The monoisotopic (exact) mass is 245 g/mol. The predicted octanol–water partition coefficient (Wildman–Crippen LogP) is 3.10. The molecule has 0 unspecified atom stereocenters. The number of carbonyl (C=O) groups excluding carboxylic acids is 1. The zero-order chi connectivity index (χ0) is 11.2.